The molecule has 7 rings (SSSR count). The highest BCUT2D eigenvalue weighted by atomic mass is 32.2. The number of oxime groups is 1. The Labute approximate surface area is 315 Å². The van der Waals surface area contributed by atoms with Gasteiger partial charge < -0.3 is 30.7 Å². The second kappa shape index (κ2) is 15.4. The number of carbonyl (C=O) groups is 5. The Hall–Kier alpha value is -5.21. The van der Waals surface area contributed by atoms with Crippen LogP contribution in [0, 0.1) is 6.92 Å². The van der Waals surface area contributed by atoms with Crippen LogP contribution < -0.4 is 26.0 Å². The van der Waals surface area contributed by atoms with Crippen molar-refractivity contribution in [2.45, 2.75) is 69.6 Å². The van der Waals surface area contributed by atoms with Crippen LogP contribution in [0.2, 0.25) is 0 Å². The van der Waals surface area contributed by atoms with E-state index >= 15 is 0 Å². The van der Waals surface area contributed by atoms with Crippen LogP contribution in [0.3, 0.4) is 0 Å². The average Bonchev–Trinajstić information content (AvgIpc) is 3.96. The van der Waals surface area contributed by atoms with Crippen LogP contribution in [0.4, 0.5) is 10.3 Å². The largest absolute Gasteiger partial charge is 0.543 e. The molecule has 4 N–H and O–H groups in total. The summed E-state index contributed by atoms with van der Waals surface area (Å²) in [7, 11) is 0. The molecule has 1 saturated carbocycles. The molecule has 3 aromatic heterocycles. The summed E-state index contributed by atoms with van der Waals surface area (Å²) in [5.41, 5.74) is 7.08. The average molecular weight is 779 g/mol. The summed E-state index contributed by atoms with van der Waals surface area (Å²) in [5.74, 6) is -3.22. The number of fused-ring (bicyclic) bond motifs is 1. The Morgan fingerprint density at radius 3 is 2.64 bits per heavy atom. The number of aryl methyl sites for hydroxylation is 1. The topological polar surface area (TPSA) is 229 Å². The lowest BCUT2D eigenvalue weighted by molar-refractivity contribution is -0.684. The molecule has 4 amide bonds. The van der Waals surface area contributed by atoms with Crippen LogP contribution in [-0.4, -0.2) is 90.1 Å². The van der Waals surface area contributed by atoms with E-state index in [0.717, 1.165) is 52.5 Å². The number of nitrogens with one attached hydrogen (secondary N) is 2. The summed E-state index contributed by atoms with van der Waals surface area (Å²) < 4.78 is 1.70. The Balaban J connectivity index is 0.986. The van der Waals surface area contributed by atoms with Gasteiger partial charge in [0.1, 0.15) is 28.2 Å². The number of nitrogen functional groups attached to an aromatic ring is 1. The highest BCUT2D eigenvalue weighted by molar-refractivity contribution is 8.00. The molecule has 276 valence electrons. The fourth-order valence-electron chi connectivity index (χ4n) is 6.43. The molecular formula is C33H34N10O7S3. The summed E-state index contributed by atoms with van der Waals surface area (Å²) in [4.78, 5) is 77.5. The number of allylic oxidation sites excluding steroid dienone is 1. The number of hydrogen-bond donors (Lipinski definition) is 3. The molecule has 6 heterocycles. The molecule has 1 aliphatic carbocycles. The van der Waals surface area contributed by atoms with Gasteiger partial charge in [0.15, 0.2) is 23.2 Å². The third-order valence-corrected chi connectivity index (χ3v) is 11.8. The molecule has 20 heteroatoms. The fourth-order valence-corrected chi connectivity index (χ4v) is 8.89. The Bertz CT molecular complexity index is 2050. The standard InChI is InChI=1S/C33H34N10O7S3/c1-17-38-39-33(53-17)36-23(44)14-41-9-6-18(7-10-41)13-42-11-8-19(28(42)46)12-20-15-51-30-25(29(47)43(30)26(20)31(48)49)37-27(45)24(22-16-52-32(34)35-22)40-50-21-4-2-3-5-21/h6-7,9-10,12,16,21,25,30H,2-5,8,11,13-15H2,1H3,(H4-,34,35,36,37,39,44,45,48,49)/b19-12+,40-24-/t25-,30-/m1/s1. The monoisotopic (exact) mass is 778 g/mol. The number of likely N-dealkylation sites (tertiary alicyclic amines) is 1. The van der Waals surface area contributed by atoms with Crippen molar-refractivity contribution in [3.05, 3.63) is 69.1 Å². The number of carboxylic acid groups (broad SMARTS) is 1. The lowest BCUT2D eigenvalue weighted by atomic mass is 10.0. The lowest BCUT2D eigenvalue weighted by Gasteiger charge is -2.50. The van der Waals surface area contributed by atoms with E-state index < -0.39 is 29.2 Å². The number of aliphatic carboxylic acids is 1. The van der Waals surface area contributed by atoms with Gasteiger partial charge in [-0.3, -0.25) is 29.4 Å². The number of hydrogen-bond acceptors (Lipinski definition) is 15. The minimum atomic E-state index is -1.56. The number of β-lactam (4-membered cyclic amide) rings is 1. The van der Waals surface area contributed by atoms with Gasteiger partial charge in [-0.2, -0.15) is 4.57 Å². The van der Waals surface area contributed by atoms with E-state index in [0.29, 0.717) is 30.2 Å². The van der Waals surface area contributed by atoms with Gasteiger partial charge in [0.2, 0.25) is 17.6 Å². The number of carboxylic acids is 1. The summed E-state index contributed by atoms with van der Waals surface area (Å²) >= 11 is 3.68. The van der Waals surface area contributed by atoms with Crippen molar-refractivity contribution >= 4 is 80.0 Å². The van der Waals surface area contributed by atoms with E-state index in [1.807, 2.05) is 12.1 Å². The first-order valence-electron chi connectivity index (χ1n) is 16.8. The number of thioether (sulfide) groups is 1. The molecule has 2 atom stereocenters. The van der Waals surface area contributed by atoms with Crippen LogP contribution in [0.15, 0.2) is 58.0 Å². The van der Waals surface area contributed by atoms with Crippen molar-refractivity contribution < 1.29 is 38.5 Å². The highest BCUT2D eigenvalue weighted by Crippen LogP contribution is 2.41. The summed E-state index contributed by atoms with van der Waals surface area (Å²) in [6.07, 6.45) is 8.92. The molecule has 0 radical (unpaired) electrons. The number of pyridine rings is 1. The maximum Gasteiger partial charge on any atom is 0.292 e. The first-order chi connectivity index (χ1) is 25.5. The third kappa shape index (κ3) is 7.93. The van der Waals surface area contributed by atoms with Crippen LogP contribution >= 0.6 is 34.4 Å². The molecule has 0 unspecified atom stereocenters. The van der Waals surface area contributed by atoms with Crippen LogP contribution in [0.1, 0.15) is 48.4 Å². The zero-order valence-corrected chi connectivity index (χ0v) is 30.8. The van der Waals surface area contributed by atoms with Crippen LogP contribution in [0.25, 0.3) is 0 Å². The van der Waals surface area contributed by atoms with E-state index in [-0.39, 0.29) is 58.0 Å². The molecular weight excluding hydrogens is 745 g/mol. The first kappa shape index (κ1) is 36.2. The van der Waals surface area contributed by atoms with Crippen molar-refractivity contribution in [2.75, 3.05) is 23.3 Å². The number of rotatable bonds is 12. The van der Waals surface area contributed by atoms with E-state index in [9.17, 15) is 29.1 Å². The molecule has 2 saturated heterocycles. The minimum absolute atomic E-state index is 0.0720. The first-order valence-corrected chi connectivity index (χ1v) is 19.5. The quantitative estimate of drug-likeness (QED) is 0.0739. The highest BCUT2D eigenvalue weighted by Gasteiger charge is 2.53. The molecule has 3 aromatic rings. The third-order valence-electron chi connectivity index (χ3n) is 9.05. The SMILES string of the molecule is Cc1nnc(NC(=O)C[n+]2ccc(CN3CC/C(=C\C4=C(C(=O)[O-])N5C(=O)[C@@H](NC(=O)/C(=N\OC6CCCC6)c6csc(N)n6)[C@H]5SC4)C3=O)cc2)s1. The summed E-state index contributed by atoms with van der Waals surface area (Å²) in [6, 6.07) is 2.60. The Morgan fingerprint density at radius 1 is 1.19 bits per heavy atom. The van der Waals surface area contributed by atoms with Gasteiger partial charge in [-0.1, -0.05) is 16.5 Å². The minimum Gasteiger partial charge on any atom is -0.543 e. The number of anilines is 2. The van der Waals surface area contributed by atoms with Gasteiger partial charge in [0.05, 0.1) is 11.7 Å². The second-order valence-electron chi connectivity index (χ2n) is 12.7. The molecule has 0 bridgehead atoms. The van der Waals surface area contributed by atoms with E-state index in [4.69, 9.17) is 10.6 Å². The van der Waals surface area contributed by atoms with E-state index in [2.05, 4.69) is 31.0 Å². The van der Waals surface area contributed by atoms with E-state index in [1.165, 1.54) is 29.2 Å². The maximum atomic E-state index is 13.4. The van der Waals surface area contributed by atoms with Gasteiger partial charge in [0, 0.05) is 41.9 Å². The van der Waals surface area contributed by atoms with Crippen molar-refractivity contribution in [1.82, 2.24) is 30.3 Å². The number of thiazole rings is 1. The fraction of sp³-hybridized carbons (Fsp3) is 0.394. The van der Waals surface area contributed by atoms with Crippen LogP contribution in [-0.2, 0) is 41.9 Å². The lowest BCUT2D eigenvalue weighted by Crippen LogP contribution is -2.71. The molecule has 17 nitrogen and oxygen atoms in total. The van der Waals surface area contributed by atoms with Crippen molar-refractivity contribution in [3.8, 4) is 0 Å². The molecule has 53 heavy (non-hydrogen) atoms. The van der Waals surface area contributed by atoms with E-state index in [1.54, 1.807) is 34.2 Å². The van der Waals surface area contributed by atoms with Crippen molar-refractivity contribution in [3.63, 3.8) is 0 Å². The van der Waals surface area contributed by atoms with Crippen molar-refractivity contribution in [1.29, 1.82) is 0 Å². The normalized spacial score (nSPS) is 21.2. The summed E-state index contributed by atoms with van der Waals surface area (Å²) in [5, 5.41) is 31.9. The number of nitrogens with zero attached hydrogens (tertiary/aromatic N) is 7. The van der Waals surface area contributed by atoms with Gasteiger partial charge in [-0.15, -0.1) is 33.3 Å². The number of aromatic nitrogens is 4. The number of carbonyl (C=O) groups excluding carboxylic acids is 5. The van der Waals surface area contributed by atoms with Gasteiger partial charge in [-0.25, -0.2) is 4.98 Å². The molecule has 0 spiro atoms. The number of nitrogens with two attached hydrogens (primary N) is 1. The smallest absolute Gasteiger partial charge is 0.292 e. The molecule has 3 fully saturated rings. The zero-order chi connectivity index (χ0) is 37.2. The van der Waals surface area contributed by atoms with Gasteiger partial charge >= 0.3 is 0 Å². The predicted molar refractivity (Wildman–Crippen MR) is 191 cm³/mol. The van der Waals surface area contributed by atoms with Gasteiger partial charge in [0.25, 0.3) is 17.7 Å². The molecule has 4 aliphatic rings. The second-order valence-corrected chi connectivity index (χ2v) is 15.9. The Morgan fingerprint density at radius 2 is 1.96 bits per heavy atom. The molecule has 0 aromatic carbocycles. The molecule has 3 aliphatic heterocycles. The van der Waals surface area contributed by atoms with Crippen molar-refractivity contribution in [2.24, 2.45) is 5.16 Å². The zero-order valence-electron chi connectivity index (χ0n) is 28.4. The van der Waals surface area contributed by atoms with Crippen LogP contribution in [0.5, 0.6) is 0 Å². The summed E-state index contributed by atoms with van der Waals surface area (Å²) in [6.45, 7) is 2.60. The number of amides is 4. The predicted octanol–water partition coefficient (Wildman–Crippen LogP) is 0.238. The Kier molecular flexibility index (Phi) is 10.5. The van der Waals surface area contributed by atoms with Gasteiger partial charge in [-0.05, 0) is 56.2 Å². The maximum absolute atomic E-state index is 13.4.